The average molecular weight is 306 g/mol. The van der Waals surface area contributed by atoms with Gasteiger partial charge < -0.3 is 19.3 Å². The van der Waals surface area contributed by atoms with Crippen molar-refractivity contribution >= 4 is 12.0 Å². The monoisotopic (exact) mass is 306 g/mol. The molecule has 8 heteroatoms. The van der Waals surface area contributed by atoms with Crippen LogP contribution in [0.25, 0.3) is 6.08 Å². The molecule has 0 fully saturated rings. The first kappa shape index (κ1) is 16.8. The Hall–Kier alpha value is -2.22. The third-order valence-corrected chi connectivity index (χ3v) is 2.19. The van der Waals surface area contributed by atoms with Crippen molar-refractivity contribution in [2.24, 2.45) is 0 Å². The fraction of sp³-hybridized carbons (Fsp3) is 0.308. The molecule has 1 aromatic rings. The number of carbonyl (C=O) groups is 1. The average Bonchev–Trinajstić information content (AvgIpc) is 2.40. The summed E-state index contributed by atoms with van der Waals surface area (Å²) < 4.78 is 50.0. The van der Waals surface area contributed by atoms with E-state index in [9.17, 15) is 18.0 Å². The second-order valence-electron chi connectivity index (χ2n) is 3.80. The van der Waals surface area contributed by atoms with Gasteiger partial charge in [0.2, 0.25) is 0 Å². The largest absolute Gasteiger partial charge is 0.497 e. The molecule has 0 bridgehead atoms. The van der Waals surface area contributed by atoms with Crippen LogP contribution in [0, 0.1) is 0 Å². The van der Waals surface area contributed by atoms with Crippen LogP contribution < -0.4 is 9.47 Å². The highest BCUT2D eigenvalue weighted by atomic mass is 19.4. The number of carboxylic acids is 1. The zero-order valence-electron chi connectivity index (χ0n) is 11.0. The fourth-order valence-electron chi connectivity index (χ4n) is 1.34. The lowest BCUT2D eigenvalue weighted by Gasteiger charge is -2.12. The molecule has 0 saturated carbocycles. The topological polar surface area (TPSA) is 65.0 Å². The van der Waals surface area contributed by atoms with Crippen molar-refractivity contribution in [2.75, 3.05) is 20.5 Å². The standard InChI is InChI=1S/C13H13F3O5/c1-19-10-3-4-11(9(6-10)2-5-12(17)18)21-8-20-7-13(14,15)16/h2-6H,7-8H2,1H3,(H,17,18)/b5-2+. The molecule has 116 valence electrons. The van der Waals surface area contributed by atoms with E-state index < -0.39 is 25.5 Å². The van der Waals surface area contributed by atoms with Gasteiger partial charge in [-0.05, 0) is 24.3 Å². The maximum Gasteiger partial charge on any atom is 0.411 e. The van der Waals surface area contributed by atoms with Crippen LogP contribution in [0.2, 0.25) is 0 Å². The van der Waals surface area contributed by atoms with Crippen molar-refractivity contribution in [3.63, 3.8) is 0 Å². The van der Waals surface area contributed by atoms with E-state index in [2.05, 4.69) is 4.74 Å². The highest BCUT2D eigenvalue weighted by Crippen LogP contribution is 2.25. The summed E-state index contributed by atoms with van der Waals surface area (Å²) in [5.41, 5.74) is 0.340. The lowest BCUT2D eigenvalue weighted by Crippen LogP contribution is -2.19. The fourth-order valence-corrected chi connectivity index (χ4v) is 1.34. The van der Waals surface area contributed by atoms with Crippen LogP contribution in [0.1, 0.15) is 5.56 Å². The molecule has 1 rings (SSSR count). The SMILES string of the molecule is COc1ccc(OCOCC(F)(F)F)c(/C=C/C(=O)O)c1. The number of alkyl halides is 3. The Bertz CT molecular complexity index is 511. The summed E-state index contributed by atoms with van der Waals surface area (Å²) in [5.74, 6) is -0.545. The Morgan fingerprint density at radius 3 is 2.67 bits per heavy atom. The number of halogens is 3. The minimum Gasteiger partial charge on any atom is -0.497 e. The van der Waals surface area contributed by atoms with Crippen LogP contribution in [0.3, 0.4) is 0 Å². The molecule has 0 aliphatic rings. The van der Waals surface area contributed by atoms with Gasteiger partial charge in [-0.1, -0.05) is 0 Å². The molecule has 0 aromatic heterocycles. The molecule has 0 radical (unpaired) electrons. The molecule has 0 aliphatic carbocycles. The maximum atomic E-state index is 11.9. The van der Waals surface area contributed by atoms with E-state index in [0.29, 0.717) is 11.3 Å². The van der Waals surface area contributed by atoms with Gasteiger partial charge in [0.05, 0.1) is 7.11 Å². The van der Waals surface area contributed by atoms with Crippen molar-refractivity contribution < 1.29 is 37.3 Å². The van der Waals surface area contributed by atoms with Crippen molar-refractivity contribution in [3.05, 3.63) is 29.8 Å². The lowest BCUT2D eigenvalue weighted by atomic mass is 10.1. The van der Waals surface area contributed by atoms with Crippen LogP contribution in [0.4, 0.5) is 13.2 Å². The molecule has 0 aliphatic heterocycles. The zero-order valence-corrected chi connectivity index (χ0v) is 11.0. The first-order valence-electron chi connectivity index (χ1n) is 5.68. The summed E-state index contributed by atoms with van der Waals surface area (Å²) in [6.07, 6.45) is -2.32. The summed E-state index contributed by atoms with van der Waals surface area (Å²) in [4.78, 5) is 10.5. The van der Waals surface area contributed by atoms with Gasteiger partial charge in [0, 0.05) is 11.6 Å². The summed E-state index contributed by atoms with van der Waals surface area (Å²) in [7, 11) is 1.42. The molecular formula is C13H13F3O5. The molecule has 1 N–H and O–H groups in total. The predicted octanol–water partition coefficient (Wildman–Crippen LogP) is 2.71. The van der Waals surface area contributed by atoms with Crippen LogP contribution in [-0.2, 0) is 9.53 Å². The smallest absolute Gasteiger partial charge is 0.411 e. The first-order chi connectivity index (χ1) is 9.81. The van der Waals surface area contributed by atoms with E-state index >= 15 is 0 Å². The van der Waals surface area contributed by atoms with Gasteiger partial charge in [-0.25, -0.2) is 4.79 Å². The summed E-state index contributed by atoms with van der Waals surface area (Å²) >= 11 is 0. The molecule has 0 saturated heterocycles. The predicted molar refractivity (Wildman–Crippen MR) is 67.2 cm³/mol. The minimum absolute atomic E-state index is 0.176. The number of benzene rings is 1. The summed E-state index contributed by atoms with van der Waals surface area (Å²) in [6.45, 7) is -2.04. The Labute approximate surface area is 118 Å². The van der Waals surface area contributed by atoms with E-state index in [4.69, 9.17) is 14.6 Å². The second-order valence-corrected chi connectivity index (χ2v) is 3.80. The Kier molecular flexibility index (Phi) is 6.04. The second kappa shape index (κ2) is 7.53. The Morgan fingerprint density at radius 1 is 1.38 bits per heavy atom. The number of hydrogen-bond acceptors (Lipinski definition) is 4. The number of ether oxygens (including phenoxy) is 3. The van der Waals surface area contributed by atoms with Gasteiger partial charge in [-0.15, -0.1) is 0 Å². The number of methoxy groups -OCH3 is 1. The molecule has 0 amide bonds. The Morgan fingerprint density at radius 2 is 2.10 bits per heavy atom. The minimum atomic E-state index is -4.44. The zero-order chi connectivity index (χ0) is 15.9. The maximum absolute atomic E-state index is 11.9. The van der Waals surface area contributed by atoms with Gasteiger partial charge >= 0.3 is 12.1 Å². The quantitative estimate of drug-likeness (QED) is 0.477. The highest BCUT2D eigenvalue weighted by Gasteiger charge is 2.27. The van der Waals surface area contributed by atoms with Gasteiger partial charge in [0.15, 0.2) is 6.79 Å². The van der Waals surface area contributed by atoms with Gasteiger partial charge in [0.1, 0.15) is 18.1 Å². The van der Waals surface area contributed by atoms with Gasteiger partial charge in [0.25, 0.3) is 0 Å². The van der Waals surface area contributed by atoms with E-state index in [0.717, 1.165) is 6.08 Å². The molecule has 0 heterocycles. The number of rotatable bonds is 7. The van der Waals surface area contributed by atoms with E-state index in [1.54, 1.807) is 0 Å². The van der Waals surface area contributed by atoms with Crippen LogP contribution in [0.15, 0.2) is 24.3 Å². The number of hydrogen-bond donors (Lipinski definition) is 1. The third kappa shape index (κ3) is 6.66. The van der Waals surface area contributed by atoms with E-state index in [-0.39, 0.29) is 5.75 Å². The molecule has 0 atom stereocenters. The van der Waals surface area contributed by atoms with Crippen molar-refractivity contribution in [1.29, 1.82) is 0 Å². The summed E-state index contributed by atoms with van der Waals surface area (Å²) in [6, 6.07) is 4.45. The number of aliphatic carboxylic acids is 1. The molecule has 1 aromatic carbocycles. The molecule has 21 heavy (non-hydrogen) atoms. The van der Waals surface area contributed by atoms with Crippen molar-refractivity contribution in [2.45, 2.75) is 6.18 Å². The van der Waals surface area contributed by atoms with Crippen LogP contribution in [0.5, 0.6) is 11.5 Å². The van der Waals surface area contributed by atoms with Crippen LogP contribution in [-0.4, -0.2) is 37.8 Å². The molecular weight excluding hydrogens is 293 g/mol. The van der Waals surface area contributed by atoms with E-state index in [1.807, 2.05) is 0 Å². The Balaban J connectivity index is 2.73. The van der Waals surface area contributed by atoms with Gasteiger partial charge in [-0.3, -0.25) is 0 Å². The van der Waals surface area contributed by atoms with Crippen molar-refractivity contribution in [3.8, 4) is 11.5 Å². The molecule has 5 nitrogen and oxygen atoms in total. The highest BCUT2D eigenvalue weighted by molar-refractivity contribution is 5.86. The van der Waals surface area contributed by atoms with Crippen molar-refractivity contribution in [1.82, 2.24) is 0 Å². The first-order valence-corrected chi connectivity index (χ1v) is 5.68. The summed E-state index contributed by atoms with van der Waals surface area (Å²) in [5, 5.41) is 8.59. The third-order valence-electron chi connectivity index (χ3n) is 2.19. The normalized spacial score (nSPS) is 11.6. The molecule has 0 spiro atoms. The number of carboxylic acid groups (broad SMARTS) is 1. The van der Waals surface area contributed by atoms with Crippen LogP contribution >= 0.6 is 0 Å². The molecule has 0 unspecified atom stereocenters. The van der Waals surface area contributed by atoms with Gasteiger partial charge in [-0.2, -0.15) is 13.2 Å². The van der Waals surface area contributed by atoms with E-state index in [1.165, 1.54) is 31.4 Å². The lowest BCUT2D eigenvalue weighted by molar-refractivity contribution is -0.186.